The molecule has 0 bridgehead atoms. The van der Waals surface area contributed by atoms with Gasteiger partial charge in [-0.3, -0.25) is 4.79 Å². The zero-order chi connectivity index (χ0) is 25.9. The van der Waals surface area contributed by atoms with E-state index in [1.807, 2.05) is 31.2 Å². The molecule has 6 nitrogen and oxygen atoms in total. The number of hydrogen-bond donors (Lipinski definition) is 1. The first-order valence-electron chi connectivity index (χ1n) is 12.2. The van der Waals surface area contributed by atoms with Crippen molar-refractivity contribution in [2.75, 3.05) is 23.8 Å². The number of carbonyl (C=O) groups excluding carboxylic acids is 1. The highest BCUT2D eigenvalue weighted by atomic mass is 32.2. The summed E-state index contributed by atoms with van der Waals surface area (Å²) in [6.45, 7) is 9.73. The molecule has 0 atom stereocenters. The van der Waals surface area contributed by atoms with Gasteiger partial charge in [-0.2, -0.15) is 0 Å². The molecule has 0 aliphatic carbocycles. The van der Waals surface area contributed by atoms with E-state index in [4.69, 9.17) is 4.74 Å². The summed E-state index contributed by atoms with van der Waals surface area (Å²) in [5, 5.41) is 2.96. The molecule has 1 aliphatic heterocycles. The highest BCUT2D eigenvalue weighted by Gasteiger charge is 2.26. The van der Waals surface area contributed by atoms with E-state index in [2.05, 4.69) is 36.2 Å². The Hall–Kier alpha value is -2.97. The van der Waals surface area contributed by atoms with E-state index in [-0.39, 0.29) is 11.7 Å². The van der Waals surface area contributed by atoms with Crippen molar-refractivity contribution in [2.24, 2.45) is 5.92 Å². The van der Waals surface area contributed by atoms with Gasteiger partial charge in [-0.05, 0) is 66.9 Å². The maximum atomic E-state index is 13.0. The highest BCUT2D eigenvalue weighted by molar-refractivity contribution is 7.99. The van der Waals surface area contributed by atoms with Crippen LogP contribution in [0.3, 0.4) is 0 Å². The first-order valence-corrected chi connectivity index (χ1v) is 14.6. The standard InChI is InChI=1S/C28H32N2O4S2/c1-5-34-22-10-13-24-27(16-22)35-26-14-9-21(15-25(26)30(24)18-19(3)4)28(31)29-17-20-7-11-23(12-8-20)36(32,33)6-2/h7-16,19H,5-6,17-18H2,1-4H3,(H,29,31). The van der Waals surface area contributed by atoms with E-state index >= 15 is 0 Å². The van der Waals surface area contributed by atoms with Crippen LogP contribution in [-0.2, 0) is 16.4 Å². The van der Waals surface area contributed by atoms with Crippen molar-refractivity contribution in [3.05, 3.63) is 71.8 Å². The fourth-order valence-electron chi connectivity index (χ4n) is 4.09. The number of nitrogens with zero attached hydrogens (tertiary/aromatic N) is 1. The molecule has 0 unspecified atom stereocenters. The Balaban J connectivity index is 1.54. The van der Waals surface area contributed by atoms with E-state index in [1.54, 1.807) is 43.0 Å². The van der Waals surface area contributed by atoms with Gasteiger partial charge in [0.05, 0.1) is 28.6 Å². The number of anilines is 2. The number of amides is 1. The van der Waals surface area contributed by atoms with Gasteiger partial charge in [-0.15, -0.1) is 0 Å². The van der Waals surface area contributed by atoms with Gasteiger partial charge in [0.2, 0.25) is 0 Å². The molecule has 0 radical (unpaired) electrons. The summed E-state index contributed by atoms with van der Waals surface area (Å²) in [5.41, 5.74) is 3.56. The topological polar surface area (TPSA) is 75.7 Å². The van der Waals surface area contributed by atoms with Crippen LogP contribution in [0.15, 0.2) is 75.4 Å². The molecule has 190 valence electrons. The Labute approximate surface area is 218 Å². The summed E-state index contributed by atoms with van der Waals surface area (Å²) in [7, 11) is -3.24. The second kappa shape index (κ2) is 11.0. The highest BCUT2D eigenvalue weighted by Crippen LogP contribution is 2.49. The van der Waals surface area contributed by atoms with Gasteiger partial charge in [0.15, 0.2) is 9.84 Å². The third-order valence-corrected chi connectivity index (χ3v) is 8.79. The smallest absolute Gasteiger partial charge is 0.251 e. The number of hydrogen-bond acceptors (Lipinski definition) is 6. The Bertz CT molecular complexity index is 1350. The molecule has 36 heavy (non-hydrogen) atoms. The lowest BCUT2D eigenvalue weighted by Gasteiger charge is -2.34. The van der Waals surface area contributed by atoms with Crippen molar-refractivity contribution in [3.8, 4) is 5.75 Å². The Kier molecular flexibility index (Phi) is 7.95. The minimum Gasteiger partial charge on any atom is -0.494 e. The zero-order valence-electron chi connectivity index (χ0n) is 21.1. The van der Waals surface area contributed by atoms with Crippen molar-refractivity contribution in [2.45, 2.75) is 48.9 Å². The fraction of sp³-hybridized carbons (Fsp3) is 0.321. The number of nitrogens with one attached hydrogen (secondary N) is 1. The maximum absolute atomic E-state index is 13.0. The molecule has 8 heteroatoms. The third kappa shape index (κ3) is 5.71. The average molecular weight is 525 g/mol. The molecule has 0 saturated carbocycles. The number of carbonyl (C=O) groups is 1. The molecule has 1 aliphatic rings. The van der Waals surface area contributed by atoms with Crippen molar-refractivity contribution >= 4 is 38.9 Å². The Morgan fingerprint density at radius 1 is 0.972 bits per heavy atom. The molecule has 0 aromatic heterocycles. The van der Waals surface area contributed by atoms with E-state index < -0.39 is 9.84 Å². The van der Waals surface area contributed by atoms with Crippen LogP contribution < -0.4 is 15.0 Å². The van der Waals surface area contributed by atoms with Crippen LogP contribution in [0.1, 0.15) is 43.6 Å². The van der Waals surface area contributed by atoms with E-state index in [1.165, 1.54) is 0 Å². The molecule has 1 N–H and O–H groups in total. The van der Waals surface area contributed by atoms with Gasteiger partial charge in [0.1, 0.15) is 5.75 Å². The molecular formula is C28H32N2O4S2. The maximum Gasteiger partial charge on any atom is 0.251 e. The number of fused-ring (bicyclic) bond motifs is 2. The third-order valence-electron chi connectivity index (χ3n) is 5.93. The molecule has 0 fully saturated rings. The van der Waals surface area contributed by atoms with Gasteiger partial charge >= 0.3 is 0 Å². The van der Waals surface area contributed by atoms with Crippen LogP contribution in [0.25, 0.3) is 0 Å². The van der Waals surface area contributed by atoms with Crippen LogP contribution >= 0.6 is 11.8 Å². The van der Waals surface area contributed by atoms with Gasteiger partial charge in [0, 0.05) is 28.4 Å². The quantitative estimate of drug-likeness (QED) is 0.366. The van der Waals surface area contributed by atoms with E-state index in [0.717, 1.165) is 39.0 Å². The lowest BCUT2D eigenvalue weighted by molar-refractivity contribution is 0.0951. The van der Waals surface area contributed by atoms with Gasteiger partial charge in [-0.25, -0.2) is 8.42 Å². The summed E-state index contributed by atoms with van der Waals surface area (Å²) >= 11 is 1.69. The Morgan fingerprint density at radius 3 is 2.39 bits per heavy atom. The normalized spacial score (nSPS) is 12.8. The van der Waals surface area contributed by atoms with Gasteiger partial charge < -0.3 is 15.0 Å². The molecule has 0 saturated heterocycles. The lowest BCUT2D eigenvalue weighted by Crippen LogP contribution is -2.27. The molecule has 3 aromatic carbocycles. The first-order chi connectivity index (χ1) is 17.2. The minimum atomic E-state index is -3.24. The van der Waals surface area contributed by atoms with Crippen LogP contribution in [0.2, 0.25) is 0 Å². The molecule has 1 heterocycles. The number of ether oxygens (including phenoxy) is 1. The zero-order valence-corrected chi connectivity index (χ0v) is 22.7. The largest absolute Gasteiger partial charge is 0.494 e. The molecule has 1 amide bonds. The van der Waals surface area contributed by atoms with Crippen LogP contribution in [0.5, 0.6) is 5.75 Å². The van der Waals surface area contributed by atoms with Crippen LogP contribution in [-0.4, -0.2) is 33.2 Å². The van der Waals surface area contributed by atoms with Crippen molar-refractivity contribution in [3.63, 3.8) is 0 Å². The van der Waals surface area contributed by atoms with E-state index in [9.17, 15) is 13.2 Å². The summed E-state index contributed by atoms with van der Waals surface area (Å²) in [6.07, 6.45) is 0. The predicted molar refractivity (Wildman–Crippen MR) is 145 cm³/mol. The Morgan fingerprint density at radius 2 is 1.72 bits per heavy atom. The average Bonchev–Trinajstić information content (AvgIpc) is 2.87. The lowest BCUT2D eigenvalue weighted by atomic mass is 10.1. The fourth-order valence-corrected chi connectivity index (χ4v) is 6.08. The monoisotopic (exact) mass is 524 g/mol. The van der Waals surface area contributed by atoms with Gasteiger partial charge in [0.25, 0.3) is 5.91 Å². The minimum absolute atomic E-state index is 0.0612. The van der Waals surface area contributed by atoms with E-state index in [0.29, 0.717) is 29.5 Å². The van der Waals surface area contributed by atoms with Crippen LogP contribution in [0, 0.1) is 5.92 Å². The van der Waals surface area contributed by atoms with Crippen LogP contribution in [0.4, 0.5) is 11.4 Å². The summed E-state index contributed by atoms with van der Waals surface area (Å²) in [6, 6.07) is 18.6. The number of sulfone groups is 1. The number of benzene rings is 3. The first kappa shape index (κ1) is 26.1. The summed E-state index contributed by atoms with van der Waals surface area (Å²) in [4.78, 5) is 17.8. The number of rotatable bonds is 9. The predicted octanol–water partition coefficient (Wildman–Crippen LogP) is 6.07. The van der Waals surface area contributed by atoms with Crippen molar-refractivity contribution in [1.82, 2.24) is 5.32 Å². The second-order valence-corrected chi connectivity index (χ2v) is 12.4. The van der Waals surface area contributed by atoms with Gasteiger partial charge in [-0.1, -0.05) is 44.7 Å². The second-order valence-electron chi connectivity index (χ2n) is 9.08. The SMILES string of the molecule is CCOc1ccc2c(c1)Sc1ccc(C(=O)NCc3ccc(S(=O)(=O)CC)cc3)cc1N2CC(C)C. The van der Waals surface area contributed by atoms with Crippen molar-refractivity contribution in [1.29, 1.82) is 0 Å². The molecule has 3 aromatic rings. The summed E-state index contributed by atoms with van der Waals surface area (Å²) in [5.74, 6) is 1.17. The van der Waals surface area contributed by atoms with Crippen molar-refractivity contribution < 1.29 is 17.9 Å². The molecular weight excluding hydrogens is 492 g/mol. The molecule has 0 spiro atoms. The summed E-state index contributed by atoms with van der Waals surface area (Å²) < 4.78 is 29.7. The molecule has 4 rings (SSSR count).